The maximum Gasteiger partial charge on any atom is 0.270 e. The summed E-state index contributed by atoms with van der Waals surface area (Å²) in [4.78, 5) is 14.8. The molecular weight excluding hydrogens is 334 g/mol. The molecule has 3 rings (SSSR count). The van der Waals surface area contributed by atoms with Crippen molar-refractivity contribution in [2.24, 2.45) is 0 Å². The summed E-state index contributed by atoms with van der Waals surface area (Å²) in [5.41, 5.74) is 2.91. The van der Waals surface area contributed by atoms with Crippen LogP contribution >= 0.6 is 35.6 Å². The normalized spacial score (nSPS) is 16.6. The summed E-state index contributed by atoms with van der Waals surface area (Å²) in [5.74, 6) is -0.0992. The lowest BCUT2D eigenvalue weighted by molar-refractivity contribution is -0.113. The molecule has 22 heavy (non-hydrogen) atoms. The van der Waals surface area contributed by atoms with Crippen LogP contribution in [0.2, 0.25) is 5.02 Å². The van der Waals surface area contributed by atoms with Crippen LogP contribution < -0.4 is 4.90 Å². The number of thiocarbonyl (C=S) groups is 1. The number of hydrogen-bond donors (Lipinski definition) is 0. The fourth-order valence-electron chi connectivity index (χ4n) is 2.09. The first-order valence-electron chi connectivity index (χ1n) is 6.65. The van der Waals surface area contributed by atoms with Crippen molar-refractivity contribution in [3.8, 4) is 0 Å². The third-order valence-corrected chi connectivity index (χ3v) is 4.81. The Morgan fingerprint density at radius 3 is 2.36 bits per heavy atom. The molecule has 0 bridgehead atoms. The van der Waals surface area contributed by atoms with E-state index in [9.17, 15) is 4.79 Å². The van der Waals surface area contributed by atoms with Crippen LogP contribution in [-0.4, -0.2) is 10.2 Å². The predicted molar refractivity (Wildman–Crippen MR) is 98.3 cm³/mol. The standard InChI is InChI=1S/C17H12ClNOS2/c1-11-2-4-12(5-3-11)10-15-16(20)19(17(21)22-15)14-8-6-13(18)7-9-14/h2-10H,1H3/b15-10+. The third-order valence-electron chi connectivity index (χ3n) is 3.25. The summed E-state index contributed by atoms with van der Waals surface area (Å²) >= 11 is 12.5. The summed E-state index contributed by atoms with van der Waals surface area (Å²) in [7, 11) is 0. The van der Waals surface area contributed by atoms with Gasteiger partial charge in [-0.05, 0) is 42.8 Å². The van der Waals surface area contributed by atoms with Crippen LogP contribution in [-0.2, 0) is 4.79 Å². The van der Waals surface area contributed by atoms with E-state index < -0.39 is 0 Å². The monoisotopic (exact) mass is 345 g/mol. The fraction of sp³-hybridized carbons (Fsp3) is 0.0588. The zero-order valence-electron chi connectivity index (χ0n) is 11.7. The second-order valence-electron chi connectivity index (χ2n) is 4.90. The molecule has 0 atom stereocenters. The van der Waals surface area contributed by atoms with Gasteiger partial charge in [-0.3, -0.25) is 9.69 Å². The Hall–Kier alpha value is -1.62. The summed E-state index contributed by atoms with van der Waals surface area (Å²) < 4.78 is 0.533. The zero-order chi connectivity index (χ0) is 15.7. The Bertz CT molecular complexity index is 766. The number of carbonyl (C=O) groups is 1. The van der Waals surface area contributed by atoms with E-state index in [0.29, 0.717) is 14.2 Å². The molecule has 0 unspecified atom stereocenters. The number of nitrogens with zero attached hydrogens (tertiary/aromatic N) is 1. The molecule has 1 heterocycles. The molecule has 0 aliphatic carbocycles. The molecule has 1 saturated heterocycles. The minimum absolute atomic E-state index is 0.0992. The Kier molecular flexibility index (Phi) is 4.34. The summed E-state index contributed by atoms with van der Waals surface area (Å²) in [6.07, 6.45) is 1.87. The van der Waals surface area contributed by atoms with E-state index in [1.54, 1.807) is 24.3 Å². The highest BCUT2D eigenvalue weighted by Gasteiger charge is 2.33. The maximum atomic E-state index is 12.6. The average Bonchev–Trinajstić information content (AvgIpc) is 2.77. The van der Waals surface area contributed by atoms with Crippen LogP contribution in [0.3, 0.4) is 0 Å². The second-order valence-corrected chi connectivity index (χ2v) is 7.02. The topological polar surface area (TPSA) is 20.3 Å². The maximum absolute atomic E-state index is 12.6. The quantitative estimate of drug-likeness (QED) is 0.561. The lowest BCUT2D eigenvalue weighted by atomic mass is 10.1. The highest BCUT2D eigenvalue weighted by atomic mass is 35.5. The average molecular weight is 346 g/mol. The van der Waals surface area contributed by atoms with E-state index in [1.807, 2.05) is 37.3 Å². The number of thioether (sulfide) groups is 1. The van der Waals surface area contributed by atoms with Gasteiger partial charge in [0.05, 0.1) is 10.6 Å². The lowest BCUT2D eigenvalue weighted by Gasteiger charge is -2.14. The van der Waals surface area contributed by atoms with Crippen molar-refractivity contribution in [1.82, 2.24) is 0 Å². The van der Waals surface area contributed by atoms with Crippen molar-refractivity contribution in [2.45, 2.75) is 6.92 Å². The number of anilines is 1. The van der Waals surface area contributed by atoms with Crippen molar-refractivity contribution in [1.29, 1.82) is 0 Å². The predicted octanol–water partition coefficient (Wildman–Crippen LogP) is 5.05. The van der Waals surface area contributed by atoms with Crippen molar-refractivity contribution in [2.75, 3.05) is 4.90 Å². The second kappa shape index (κ2) is 6.24. The van der Waals surface area contributed by atoms with Crippen molar-refractivity contribution in [3.63, 3.8) is 0 Å². The van der Waals surface area contributed by atoms with E-state index in [2.05, 4.69) is 0 Å². The highest BCUT2D eigenvalue weighted by Crippen LogP contribution is 2.36. The van der Waals surface area contributed by atoms with Gasteiger partial charge >= 0.3 is 0 Å². The molecule has 2 aromatic rings. The minimum atomic E-state index is -0.0992. The van der Waals surface area contributed by atoms with Gasteiger partial charge in [0.15, 0.2) is 4.32 Å². The molecule has 0 radical (unpaired) electrons. The summed E-state index contributed by atoms with van der Waals surface area (Å²) in [5, 5.41) is 0.629. The smallest absolute Gasteiger partial charge is 0.268 e. The molecule has 5 heteroatoms. The van der Waals surface area contributed by atoms with E-state index in [1.165, 1.54) is 22.2 Å². The van der Waals surface area contributed by atoms with Gasteiger partial charge in [0, 0.05) is 5.02 Å². The van der Waals surface area contributed by atoms with Gasteiger partial charge < -0.3 is 0 Å². The van der Waals surface area contributed by atoms with Gasteiger partial charge in [0.25, 0.3) is 5.91 Å². The first-order chi connectivity index (χ1) is 10.5. The van der Waals surface area contributed by atoms with Crippen molar-refractivity contribution >= 4 is 57.6 Å². The molecule has 2 nitrogen and oxygen atoms in total. The molecule has 1 aliphatic heterocycles. The molecule has 0 aromatic heterocycles. The number of aryl methyl sites for hydroxylation is 1. The number of hydrogen-bond acceptors (Lipinski definition) is 3. The molecule has 2 aromatic carbocycles. The van der Waals surface area contributed by atoms with Crippen molar-refractivity contribution < 1.29 is 4.79 Å². The van der Waals surface area contributed by atoms with E-state index in [4.69, 9.17) is 23.8 Å². The van der Waals surface area contributed by atoms with E-state index in [0.717, 1.165) is 11.3 Å². The molecule has 0 saturated carbocycles. The SMILES string of the molecule is Cc1ccc(/C=C2/SC(=S)N(c3ccc(Cl)cc3)C2=O)cc1. The van der Waals surface area contributed by atoms with E-state index in [-0.39, 0.29) is 5.91 Å². The van der Waals surface area contributed by atoms with Gasteiger partial charge in [-0.15, -0.1) is 0 Å². The first kappa shape index (κ1) is 15.3. The van der Waals surface area contributed by atoms with Crippen molar-refractivity contribution in [3.05, 3.63) is 69.6 Å². The van der Waals surface area contributed by atoms with Crippen LogP contribution in [0.4, 0.5) is 5.69 Å². The Morgan fingerprint density at radius 2 is 1.73 bits per heavy atom. The minimum Gasteiger partial charge on any atom is -0.268 e. The van der Waals surface area contributed by atoms with Gasteiger partial charge in [0.2, 0.25) is 0 Å². The van der Waals surface area contributed by atoms with Gasteiger partial charge in [-0.25, -0.2) is 0 Å². The number of benzene rings is 2. The fourth-order valence-corrected chi connectivity index (χ4v) is 3.52. The largest absolute Gasteiger partial charge is 0.270 e. The first-order valence-corrected chi connectivity index (χ1v) is 8.25. The third kappa shape index (κ3) is 3.09. The summed E-state index contributed by atoms with van der Waals surface area (Å²) in [6.45, 7) is 2.03. The van der Waals surface area contributed by atoms with Crippen LogP contribution in [0.25, 0.3) is 6.08 Å². The number of carbonyl (C=O) groups excluding carboxylic acids is 1. The zero-order valence-corrected chi connectivity index (χ0v) is 14.1. The van der Waals surface area contributed by atoms with Crippen LogP contribution in [0.15, 0.2) is 53.4 Å². The highest BCUT2D eigenvalue weighted by molar-refractivity contribution is 8.27. The Labute approximate surface area is 143 Å². The van der Waals surface area contributed by atoms with Crippen LogP contribution in [0, 0.1) is 6.92 Å². The molecule has 1 aliphatic rings. The molecule has 1 fully saturated rings. The van der Waals surface area contributed by atoms with Crippen LogP contribution in [0.1, 0.15) is 11.1 Å². The van der Waals surface area contributed by atoms with Gasteiger partial charge in [-0.1, -0.05) is 65.4 Å². The Morgan fingerprint density at radius 1 is 1.09 bits per heavy atom. The number of halogens is 1. The number of amides is 1. The number of rotatable bonds is 2. The Balaban J connectivity index is 1.91. The molecule has 0 spiro atoms. The molecule has 110 valence electrons. The van der Waals surface area contributed by atoms with Gasteiger partial charge in [-0.2, -0.15) is 0 Å². The summed E-state index contributed by atoms with van der Waals surface area (Å²) in [6, 6.07) is 15.1. The van der Waals surface area contributed by atoms with Gasteiger partial charge in [0.1, 0.15) is 0 Å². The van der Waals surface area contributed by atoms with Crippen LogP contribution in [0.5, 0.6) is 0 Å². The lowest BCUT2D eigenvalue weighted by Crippen LogP contribution is -2.27. The molecular formula is C17H12ClNOS2. The molecule has 0 N–H and O–H groups in total. The van der Waals surface area contributed by atoms with E-state index >= 15 is 0 Å². The molecule has 1 amide bonds.